The number of hydrogen-bond acceptors (Lipinski definition) is 7. The van der Waals surface area contributed by atoms with Crippen LogP contribution < -0.4 is 27.4 Å². The van der Waals surface area contributed by atoms with E-state index in [0.29, 0.717) is 19.4 Å². The molecule has 3 amide bonds. The molecule has 0 saturated carbocycles. The third-order valence-corrected chi connectivity index (χ3v) is 4.60. The number of unbranched alkanes of at least 4 members (excludes halogenated alkanes) is 1. The van der Waals surface area contributed by atoms with Gasteiger partial charge in [0.2, 0.25) is 17.7 Å². The van der Waals surface area contributed by atoms with E-state index >= 15 is 0 Å². The van der Waals surface area contributed by atoms with Crippen LogP contribution in [0.15, 0.2) is 0 Å². The first kappa shape index (κ1) is 29.3. The van der Waals surface area contributed by atoms with Gasteiger partial charge in [-0.25, -0.2) is 4.79 Å². The number of rotatable bonds is 16. The van der Waals surface area contributed by atoms with Gasteiger partial charge < -0.3 is 37.6 Å². The van der Waals surface area contributed by atoms with Crippen molar-refractivity contribution in [2.75, 3.05) is 6.54 Å². The number of nitrogens with two attached hydrogens (primary N) is 2. The first-order valence-corrected chi connectivity index (χ1v) is 10.7. The molecule has 0 saturated heterocycles. The van der Waals surface area contributed by atoms with Crippen LogP contribution in [0.5, 0.6) is 0 Å². The topological polar surface area (TPSA) is 214 Å². The number of hydrogen-bond donors (Lipinski definition) is 7. The Balaban J connectivity index is 5.40. The Morgan fingerprint density at radius 3 is 1.78 bits per heavy atom. The van der Waals surface area contributed by atoms with Crippen LogP contribution in [0, 0.1) is 5.92 Å². The van der Waals surface area contributed by atoms with E-state index in [1.165, 1.54) is 6.92 Å². The molecule has 0 aliphatic carbocycles. The van der Waals surface area contributed by atoms with Gasteiger partial charge in [0, 0.05) is 6.42 Å². The lowest BCUT2D eigenvalue weighted by atomic mass is 10.0. The molecule has 4 atom stereocenters. The molecule has 0 aromatic carbocycles. The number of aliphatic carboxylic acids is 2. The molecule has 9 N–H and O–H groups in total. The number of nitrogens with one attached hydrogen (secondary N) is 3. The molecular weight excluding hydrogens is 422 g/mol. The van der Waals surface area contributed by atoms with Crippen molar-refractivity contribution >= 4 is 29.7 Å². The first-order chi connectivity index (χ1) is 14.9. The standard InChI is InChI=1S/C20H37N5O7/c1-11(2)10-15(19(30)24-14(20(31)32)6-4-5-9-21)25-18(29)13(7-8-16(26)27)23-17(28)12(3)22/h11-15H,4-10,21-22H2,1-3H3,(H,23,28)(H,24,30)(H,25,29)(H,26,27)(H,31,32). The van der Waals surface area contributed by atoms with E-state index in [4.69, 9.17) is 16.6 Å². The van der Waals surface area contributed by atoms with Gasteiger partial charge in [-0.15, -0.1) is 0 Å². The highest BCUT2D eigenvalue weighted by Gasteiger charge is 2.30. The minimum atomic E-state index is -1.22. The molecule has 0 heterocycles. The number of amides is 3. The van der Waals surface area contributed by atoms with Crippen LogP contribution in [-0.2, 0) is 24.0 Å². The molecular formula is C20H37N5O7. The van der Waals surface area contributed by atoms with Crippen LogP contribution in [0.2, 0.25) is 0 Å². The molecule has 12 nitrogen and oxygen atoms in total. The van der Waals surface area contributed by atoms with Gasteiger partial charge in [0.05, 0.1) is 6.04 Å². The molecule has 0 spiro atoms. The molecule has 0 aromatic rings. The molecule has 32 heavy (non-hydrogen) atoms. The first-order valence-electron chi connectivity index (χ1n) is 10.7. The van der Waals surface area contributed by atoms with Gasteiger partial charge in [-0.3, -0.25) is 19.2 Å². The largest absolute Gasteiger partial charge is 0.481 e. The third-order valence-electron chi connectivity index (χ3n) is 4.60. The van der Waals surface area contributed by atoms with Gasteiger partial charge in [-0.05, 0) is 51.5 Å². The minimum absolute atomic E-state index is 0.0253. The van der Waals surface area contributed by atoms with Crippen molar-refractivity contribution in [1.29, 1.82) is 0 Å². The normalized spacial score (nSPS) is 14.7. The fraction of sp³-hybridized carbons (Fsp3) is 0.750. The molecule has 0 aromatic heterocycles. The van der Waals surface area contributed by atoms with Crippen molar-refractivity contribution in [3.8, 4) is 0 Å². The van der Waals surface area contributed by atoms with Crippen molar-refractivity contribution in [2.45, 2.75) is 83.5 Å². The van der Waals surface area contributed by atoms with Crippen LogP contribution in [0.4, 0.5) is 0 Å². The Kier molecular flexibility index (Phi) is 13.8. The summed E-state index contributed by atoms with van der Waals surface area (Å²) >= 11 is 0. The van der Waals surface area contributed by atoms with E-state index in [0.717, 1.165) is 0 Å². The highest BCUT2D eigenvalue weighted by Crippen LogP contribution is 2.09. The number of carboxylic acids is 2. The summed E-state index contributed by atoms with van der Waals surface area (Å²) in [7, 11) is 0. The molecule has 0 rings (SSSR count). The van der Waals surface area contributed by atoms with Gasteiger partial charge in [-0.2, -0.15) is 0 Å². The van der Waals surface area contributed by atoms with Gasteiger partial charge >= 0.3 is 11.9 Å². The summed E-state index contributed by atoms with van der Waals surface area (Å²) in [6.07, 6.45) is 0.921. The van der Waals surface area contributed by atoms with Crippen LogP contribution >= 0.6 is 0 Å². The molecule has 12 heteroatoms. The fourth-order valence-electron chi connectivity index (χ4n) is 2.84. The van der Waals surface area contributed by atoms with Crippen molar-refractivity contribution in [1.82, 2.24) is 16.0 Å². The maximum atomic E-state index is 12.8. The molecule has 4 unspecified atom stereocenters. The predicted octanol–water partition coefficient (Wildman–Crippen LogP) is -1.09. The van der Waals surface area contributed by atoms with E-state index in [1.54, 1.807) is 0 Å². The summed E-state index contributed by atoms with van der Waals surface area (Å²) in [4.78, 5) is 59.9. The summed E-state index contributed by atoms with van der Waals surface area (Å²) in [6.45, 7) is 5.45. The second-order valence-electron chi connectivity index (χ2n) is 8.16. The van der Waals surface area contributed by atoms with E-state index < -0.39 is 53.8 Å². The summed E-state index contributed by atoms with van der Waals surface area (Å²) in [5.41, 5.74) is 10.9. The molecule has 0 radical (unpaired) electrons. The number of carbonyl (C=O) groups excluding carboxylic acids is 3. The second kappa shape index (κ2) is 15.1. The van der Waals surface area contributed by atoms with Crippen LogP contribution in [-0.4, -0.2) is 70.6 Å². The van der Waals surface area contributed by atoms with Crippen molar-refractivity contribution in [3.05, 3.63) is 0 Å². The summed E-state index contributed by atoms with van der Waals surface area (Å²) in [5, 5.41) is 25.6. The SMILES string of the molecule is CC(C)CC(NC(=O)C(CCC(=O)O)NC(=O)C(C)N)C(=O)NC(CCCCN)C(=O)O. The lowest BCUT2D eigenvalue weighted by molar-refractivity contribution is -0.142. The van der Waals surface area contributed by atoms with E-state index in [9.17, 15) is 29.1 Å². The lowest BCUT2D eigenvalue weighted by Crippen LogP contribution is -2.57. The molecule has 0 aliphatic rings. The van der Waals surface area contributed by atoms with Crippen molar-refractivity contribution in [2.24, 2.45) is 17.4 Å². The maximum Gasteiger partial charge on any atom is 0.326 e. The van der Waals surface area contributed by atoms with Crippen molar-refractivity contribution in [3.63, 3.8) is 0 Å². The Hall–Kier alpha value is -2.73. The zero-order valence-corrected chi connectivity index (χ0v) is 18.9. The fourth-order valence-corrected chi connectivity index (χ4v) is 2.84. The number of carboxylic acid groups (broad SMARTS) is 2. The molecule has 184 valence electrons. The quantitative estimate of drug-likeness (QED) is 0.139. The zero-order valence-electron chi connectivity index (χ0n) is 18.9. The van der Waals surface area contributed by atoms with E-state index in [1.807, 2.05) is 13.8 Å². The van der Waals surface area contributed by atoms with Gasteiger partial charge in [-0.1, -0.05) is 13.8 Å². The molecule has 0 fully saturated rings. The molecule has 0 bridgehead atoms. The Morgan fingerprint density at radius 1 is 0.781 bits per heavy atom. The third kappa shape index (κ3) is 12.2. The Bertz CT molecular complexity index is 654. The predicted molar refractivity (Wildman–Crippen MR) is 116 cm³/mol. The lowest BCUT2D eigenvalue weighted by Gasteiger charge is -2.25. The average molecular weight is 460 g/mol. The maximum absolute atomic E-state index is 12.8. The van der Waals surface area contributed by atoms with Crippen LogP contribution in [0.3, 0.4) is 0 Å². The highest BCUT2D eigenvalue weighted by atomic mass is 16.4. The van der Waals surface area contributed by atoms with E-state index in [-0.39, 0.29) is 31.6 Å². The number of carbonyl (C=O) groups is 5. The Labute approximate surface area is 187 Å². The Morgan fingerprint density at radius 2 is 1.31 bits per heavy atom. The van der Waals surface area contributed by atoms with Gasteiger partial charge in [0.1, 0.15) is 18.1 Å². The average Bonchev–Trinajstić information content (AvgIpc) is 2.68. The summed E-state index contributed by atoms with van der Waals surface area (Å²) in [6, 6.07) is -4.35. The molecule has 0 aliphatic heterocycles. The summed E-state index contributed by atoms with van der Waals surface area (Å²) in [5.74, 6) is -4.46. The van der Waals surface area contributed by atoms with Crippen molar-refractivity contribution < 1.29 is 34.2 Å². The second-order valence-corrected chi connectivity index (χ2v) is 8.16. The van der Waals surface area contributed by atoms with Gasteiger partial charge in [0.15, 0.2) is 0 Å². The van der Waals surface area contributed by atoms with Crippen LogP contribution in [0.1, 0.15) is 59.3 Å². The van der Waals surface area contributed by atoms with Gasteiger partial charge in [0.25, 0.3) is 0 Å². The van der Waals surface area contributed by atoms with Crippen LogP contribution in [0.25, 0.3) is 0 Å². The zero-order chi connectivity index (χ0) is 24.8. The van der Waals surface area contributed by atoms with E-state index in [2.05, 4.69) is 16.0 Å². The minimum Gasteiger partial charge on any atom is -0.481 e. The highest BCUT2D eigenvalue weighted by molar-refractivity contribution is 5.94. The smallest absolute Gasteiger partial charge is 0.326 e. The summed E-state index contributed by atoms with van der Waals surface area (Å²) < 4.78 is 0. The monoisotopic (exact) mass is 459 g/mol.